The molecular formula is C23H21F3. The second kappa shape index (κ2) is 7.77. The van der Waals surface area contributed by atoms with Gasteiger partial charge >= 0.3 is 0 Å². The molecule has 134 valence electrons. The van der Waals surface area contributed by atoms with E-state index in [1.165, 1.54) is 12.1 Å². The van der Waals surface area contributed by atoms with E-state index in [4.69, 9.17) is 0 Å². The normalized spacial score (nSPS) is 11.0. The molecule has 3 aromatic rings. The van der Waals surface area contributed by atoms with E-state index in [2.05, 4.69) is 0 Å². The number of hydrogen-bond acceptors (Lipinski definition) is 0. The first-order valence-electron chi connectivity index (χ1n) is 8.91. The summed E-state index contributed by atoms with van der Waals surface area (Å²) in [5.41, 5.74) is 2.95. The van der Waals surface area contributed by atoms with Crippen LogP contribution in [0.1, 0.15) is 31.4 Å². The quantitative estimate of drug-likeness (QED) is 0.465. The Bertz CT molecular complexity index is 911. The van der Waals surface area contributed by atoms with Gasteiger partial charge in [-0.05, 0) is 41.2 Å². The van der Waals surface area contributed by atoms with E-state index in [0.717, 1.165) is 18.4 Å². The van der Waals surface area contributed by atoms with E-state index >= 15 is 0 Å². The lowest BCUT2D eigenvalue weighted by atomic mass is 9.97. The highest BCUT2D eigenvalue weighted by Crippen LogP contribution is 2.32. The van der Waals surface area contributed by atoms with E-state index in [0.29, 0.717) is 23.1 Å². The van der Waals surface area contributed by atoms with Crippen LogP contribution in [0.3, 0.4) is 0 Å². The van der Waals surface area contributed by atoms with Gasteiger partial charge in [-0.15, -0.1) is 0 Å². The number of halogens is 3. The molecule has 0 N–H and O–H groups in total. The van der Waals surface area contributed by atoms with E-state index in [1.54, 1.807) is 30.3 Å². The summed E-state index contributed by atoms with van der Waals surface area (Å²) in [4.78, 5) is 0. The highest BCUT2D eigenvalue weighted by molar-refractivity contribution is 5.72. The SMILES string of the molecule is CCCc1ccc(-c2ccc(-c3ccc(CC)cc3)c(F)c2F)cc1F. The summed E-state index contributed by atoms with van der Waals surface area (Å²) >= 11 is 0. The van der Waals surface area contributed by atoms with Gasteiger partial charge in [-0.25, -0.2) is 13.2 Å². The zero-order valence-electron chi connectivity index (χ0n) is 15.0. The molecule has 26 heavy (non-hydrogen) atoms. The summed E-state index contributed by atoms with van der Waals surface area (Å²) in [6.45, 7) is 4.00. The van der Waals surface area contributed by atoms with Gasteiger partial charge in [0.2, 0.25) is 0 Å². The van der Waals surface area contributed by atoms with E-state index < -0.39 is 11.6 Å². The number of hydrogen-bond donors (Lipinski definition) is 0. The van der Waals surface area contributed by atoms with Crippen molar-refractivity contribution in [3.8, 4) is 22.3 Å². The fourth-order valence-electron chi connectivity index (χ4n) is 3.10. The summed E-state index contributed by atoms with van der Waals surface area (Å²) in [5.74, 6) is -2.25. The molecular weight excluding hydrogens is 333 g/mol. The lowest BCUT2D eigenvalue weighted by Gasteiger charge is -2.11. The molecule has 0 atom stereocenters. The van der Waals surface area contributed by atoms with Gasteiger partial charge in [-0.3, -0.25) is 0 Å². The summed E-state index contributed by atoms with van der Waals surface area (Å²) in [6, 6.07) is 15.0. The predicted octanol–water partition coefficient (Wildman–Crippen LogP) is 6.95. The molecule has 0 aliphatic rings. The van der Waals surface area contributed by atoms with Crippen molar-refractivity contribution in [3.05, 3.63) is 83.2 Å². The highest BCUT2D eigenvalue weighted by atomic mass is 19.2. The first-order chi connectivity index (χ1) is 12.5. The van der Waals surface area contributed by atoms with Crippen LogP contribution in [0.4, 0.5) is 13.2 Å². The molecule has 3 rings (SSSR count). The van der Waals surface area contributed by atoms with E-state index in [9.17, 15) is 13.2 Å². The van der Waals surface area contributed by atoms with Crippen molar-refractivity contribution < 1.29 is 13.2 Å². The van der Waals surface area contributed by atoms with Crippen LogP contribution in [0.5, 0.6) is 0 Å². The highest BCUT2D eigenvalue weighted by Gasteiger charge is 2.17. The average Bonchev–Trinajstić information content (AvgIpc) is 2.66. The van der Waals surface area contributed by atoms with Crippen LogP contribution in [-0.2, 0) is 12.8 Å². The largest absolute Gasteiger partial charge is 0.207 e. The molecule has 0 aromatic heterocycles. The maximum atomic E-state index is 14.7. The fraction of sp³-hybridized carbons (Fsp3) is 0.217. The molecule has 0 saturated carbocycles. The van der Waals surface area contributed by atoms with Crippen molar-refractivity contribution in [2.24, 2.45) is 0 Å². The minimum absolute atomic E-state index is 0.0679. The second-order valence-electron chi connectivity index (χ2n) is 6.40. The van der Waals surface area contributed by atoms with Gasteiger partial charge in [0, 0.05) is 11.1 Å². The van der Waals surface area contributed by atoms with Crippen LogP contribution < -0.4 is 0 Å². The van der Waals surface area contributed by atoms with Crippen molar-refractivity contribution in [1.29, 1.82) is 0 Å². The maximum Gasteiger partial charge on any atom is 0.167 e. The molecule has 0 aliphatic heterocycles. The minimum Gasteiger partial charge on any atom is -0.207 e. The third kappa shape index (κ3) is 3.52. The van der Waals surface area contributed by atoms with Gasteiger partial charge in [0.15, 0.2) is 11.6 Å². The van der Waals surface area contributed by atoms with Gasteiger partial charge in [-0.1, -0.05) is 68.8 Å². The Morgan fingerprint density at radius 2 is 1.27 bits per heavy atom. The first kappa shape index (κ1) is 18.2. The molecule has 0 amide bonds. The lowest BCUT2D eigenvalue weighted by molar-refractivity contribution is 0.513. The molecule has 0 aliphatic carbocycles. The standard InChI is InChI=1S/C23H21F3/c1-3-5-17-10-11-18(14-21(17)24)20-13-12-19(22(25)23(20)26)16-8-6-15(4-2)7-9-16/h6-14H,3-5H2,1-2H3. The fourth-order valence-corrected chi connectivity index (χ4v) is 3.10. The van der Waals surface area contributed by atoms with Crippen LogP contribution in [0.15, 0.2) is 54.6 Å². The zero-order chi connectivity index (χ0) is 18.7. The average molecular weight is 354 g/mol. The summed E-state index contributed by atoms with van der Waals surface area (Å²) in [6.07, 6.45) is 2.33. The van der Waals surface area contributed by atoms with Crippen molar-refractivity contribution in [2.75, 3.05) is 0 Å². The van der Waals surface area contributed by atoms with Crippen molar-refractivity contribution in [2.45, 2.75) is 33.1 Å². The molecule has 0 heterocycles. The molecule has 0 unspecified atom stereocenters. The van der Waals surface area contributed by atoms with Crippen molar-refractivity contribution >= 4 is 0 Å². The van der Waals surface area contributed by atoms with Crippen LogP contribution in [0.2, 0.25) is 0 Å². The Labute approximate surface area is 152 Å². The van der Waals surface area contributed by atoms with Crippen LogP contribution in [0, 0.1) is 17.5 Å². The molecule has 3 aromatic carbocycles. The molecule has 0 radical (unpaired) electrons. The Morgan fingerprint density at radius 3 is 1.81 bits per heavy atom. The van der Waals surface area contributed by atoms with Crippen LogP contribution in [-0.4, -0.2) is 0 Å². The van der Waals surface area contributed by atoms with Crippen LogP contribution in [0.25, 0.3) is 22.3 Å². The van der Waals surface area contributed by atoms with Crippen molar-refractivity contribution in [3.63, 3.8) is 0 Å². The Balaban J connectivity index is 2.00. The van der Waals surface area contributed by atoms with Gasteiger partial charge in [-0.2, -0.15) is 0 Å². The smallest absolute Gasteiger partial charge is 0.167 e. The third-order valence-electron chi connectivity index (χ3n) is 4.64. The zero-order valence-corrected chi connectivity index (χ0v) is 15.0. The third-order valence-corrected chi connectivity index (χ3v) is 4.64. The molecule has 3 heteroatoms. The number of rotatable bonds is 5. The Kier molecular flexibility index (Phi) is 5.46. The maximum absolute atomic E-state index is 14.7. The number of aryl methyl sites for hydroxylation is 2. The summed E-state index contributed by atoms with van der Waals surface area (Å²) in [5, 5.41) is 0. The Morgan fingerprint density at radius 1 is 0.692 bits per heavy atom. The van der Waals surface area contributed by atoms with Gasteiger partial charge < -0.3 is 0 Å². The minimum atomic E-state index is -0.954. The molecule has 0 fully saturated rings. The van der Waals surface area contributed by atoms with Crippen molar-refractivity contribution in [1.82, 2.24) is 0 Å². The summed E-state index contributed by atoms with van der Waals surface area (Å²) in [7, 11) is 0. The molecule has 0 bridgehead atoms. The van der Waals surface area contributed by atoms with E-state index in [-0.39, 0.29) is 16.9 Å². The van der Waals surface area contributed by atoms with E-state index in [1.807, 2.05) is 26.0 Å². The molecule has 0 spiro atoms. The predicted molar refractivity (Wildman–Crippen MR) is 101 cm³/mol. The number of benzene rings is 3. The second-order valence-corrected chi connectivity index (χ2v) is 6.40. The molecule has 0 saturated heterocycles. The van der Waals surface area contributed by atoms with Gasteiger partial charge in [0.1, 0.15) is 5.82 Å². The van der Waals surface area contributed by atoms with Crippen LogP contribution >= 0.6 is 0 Å². The van der Waals surface area contributed by atoms with Gasteiger partial charge in [0.05, 0.1) is 0 Å². The monoisotopic (exact) mass is 354 g/mol. The first-order valence-corrected chi connectivity index (χ1v) is 8.91. The summed E-state index contributed by atoms with van der Waals surface area (Å²) < 4.78 is 43.5. The lowest BCUT2D eigenvalue weighted by Crippen LogP contribution is -1.96. The molecule has 0 nitrogen and oxygen atoms in total. The van der Waals surface area contributed by atoms with Gasteiger partial charge in [0.25, 0.3) is 0 Å². The topological polar surface area (TPSA) is 0 Å². The Hall–Kier alpha value is -2.55.